The van der Waals surface area contributed by atoms with Crippen molar-refractivity contribution in [3.8, 4) is 0 Å². The van der Waals surface area contributed by atoms with E-state index in [4.69, 9.17) is 11.6 Å². The smallest absolute Gasteiger partial charge is 0.234 e. The van der Waals surface area contributed by atoms with Crippen molar-refractivity contribution >= 4 is 23.4 Å². The van der Waals surface area contributed by atoms with Gasteiger partial charge in [0.25, 0.3) is 0 Å². The third kappa shape index (κ3) is 5.45. The summed E-state index contributed by atoms with van der Waals surface area (Å²) in [6.45, 7) is 5.76. The van der Waals surface area contributed by atoms with Crippen LogP contribution in [0.2, 0.25) is 5.02 Å². The second-order valence-electron chi connectivity index (χ2n) is 7.75. The zero-order valence-corrected chi connectivity index (χ0v) is 16.9. The number of rotatable bonds is 5. The summed E-state index contributed by atoms with van der Waals surface area (Å²) in [6, 6.07) is 7.46. The molecule has 0 aliphatic carbocycles. The Hall–Kier alpha value is -1.59. The Labute approximate surface area is 167 Å². The number of halogens is 1. The Balaban J connectivity index is 1.42. The largest absolute Gasteiger partial charge is 0.348 e. The summed E-state index contributed by atoms with van der Waals surface area (Å²) in [5.74, 6) is 0.457. The Morgan fingerprint density at radius 1 is 1.11 bits per heavy atom. The maximum absolute atomic E-state index is 12.6. The molecule has 2 heterocycles. The molecular formula is C21H30ClN3O2. The Bertz CT molecular complexity index is 653. The minimum Gasteiger partial charge on any atom is -0.348 e. The number of piperidine rings is 2. The van der Waals surface area contributed by atoms with Crippen molar-refractivity contribution in [3.63, 3.8) is 0 Å². The van der Waals surface area contributed by atoms with Gasteiger partial charge >= 0.3 is 0 Å². The molecule has 3 rings (SSSR count). The van der Waals surface area contributed by atoms with Gasteiger partial charge in [-0.25, -0.2) is 0 Å². The third-order valence-electron chi connectivity index (χ3n) is 5.72. The summed E-state index contributed by atoms with van der Waals surface area (Å²) in [6.07, 6.45) is 5.21. The van der Waals surface area contributed by atoms with Crippen LogP contribution in [0.4, 0.5) is 0 Å². The molecule has 2 amide bonds. The molecule has 2 aliphatic heterocycles. The molecule has 1 atom stereocenters. The van der Waals surface area contributed by atoms with Crippen LogP contribution in [-0.2, 0) is 9.59 Å². The minimum absolute atomic E-state index is 0.00299. The first-order valence-corrected chi connectivity index (χ1v) is 10.5. The lowest BCUT2D eigenvalue weighted by molar-refractivity contribution is -0.138. The van der Waals surface area contributed by atoms with Crippen LogP contribution in [0.5, 0.6) is 0 Å². The molecule has 0 radical (unpaired) electrons. The third-order valence-corrected chi connectivity index (χ3v) is 6.07. The zero-order valence-electron chi connectivity index (χ0n) is 16.1. The lowest BCUT2D eigenvalue weighted by Crippen LogP contribution is -2.46. The van der Waals surface area contributed by atoms with Gasteiger partial charge < -0.3 is 10.2 Å². The molecule has 5 nitrogen and oxygen atoms in total. The molecule has 1 aromatic carbocycles. The number of nitrogens with zero attached hydrogens (tertiary/aromatic N) is 2. The maximum atomic E-state index is 12.6. The van der Waals surface area contributed by atoms with Gasteiger partial charge in [-0.05, 0) is 63.7 Å². The molecule has 1 aromatic rings. The van der Waals surface area contributed by atoms with E-state index in [1.54, 1.807) is 0 Å². The van der Waals surface area contributed by atoms with E-state index in [2.05, 4.69) is 10.2 Å². The Morgan fingerprint density at radius 2 is 1.78 bits per heavy atom. The standard InChI is InChI=1S/C21H30ClN3O2/c1-16(18-7-3-4-8-19(18)22)23-20(26)15-24-13-9-17(10-14-24)21(27)25-11-5-2-6-12-25/h3-4,7-8,16-17H,2,5-6,9-15H2,1H3,(H,23,26). The molecule has 1 unspecified atom stereocenters. The monoisotopic (exact) mass is 391 g/mol. The summed E-state index contributed by atoms with van der Waals surface area (Å²) in [7, 11) is 0. The molecule has 27 heavy (non-hydrogen) atoms. The van der Waals surface area contributed by atoms with E-state index in [9.17, 15) is 9.59 Å². The lowest BCUT2D eigenvalue weighted by Gasteiger charge is -2.35. The van der Waals surface area contributed by atoms with Crippen LogP contribution in [0.15, 0.2) is 24.3 Å². The fourth-order valence-electron chi connectivity index (χ4n) is 4.10. The van der Waals surface area contributed by atoms with Gasteiger partial charge in [0.05, 0.1) is 12.6 Å². The molecule has 6 heteroatoms. The predicted octanol–water partition coefficient (Wildman–Crippen LogP) is 3.24. The van der Waals surface area contributed by atoms with Gasteiger partial charge in [-0.1, -0.05) is 29.8 Å². The van der Waals surface area contributed by atoms with Gasteiger partial charge in [-0.3, -0.25) is 14.5 Å². The number of carbonyl (C=O) groups is 2. The number of nitrogens with one attached hydrogen (secondary N) is 1. The van der Waals surface area contributed by atoms with Crippen LogP contribution in [0.3, 0.4) is 0 Å². The summed E-state index contributed by atoms with van der Waals surface area (Å²) in [5, 5.41) is 3.70. The summed E-state index contributed by atoms with van der Waals surface area (Å²) in [5.41, 5.74) is 0.929. The fourth-order valence-corrected chi connectivity index (χ4v) is 4.40. The van der Waals surface area contributed by atoms with E-state index in [-0.39, 0.29) is 17.9 Å². The molecular weight excluding hydrogens is 362 g/mol. The molecule has 0 spiro atoms. The number of hydrogen-bond acceptors (Lipinski definition) is 3. The molecule has 2 saturated heterocycles. The first-order valence-electron chi connectivity index (χ1n) is 10.1. The first kappa shape index (κ1) is 20.2. The highest BCUT2D eigenvalue weighted by atomic mass is 35.5. The summed E-state index contributed by atoms with van der Waals surface area (Å²) < 4.78 is 0. The van der Waals surface area contributed by atoms with Crippen molar-refractivity contribution in [3.05, 3.63) is 34.9 Å². The van der Waals surface area contributed by atoms with Crippen LogP contribution in [0.25, 0.3) is 0 Å². The van der Waals surface area contributed by atoms with E-state index in [0.29, 0.717) is 17.5 Å². The van der Waals surface area contributed by atoms with E-state index >= 15 is 0 Å². The number of carbonyl (C=O) groups excluding carboxylic acids is 2. The highest BCUT2D eigenvalue weighted by molar-refractivity contribution is 6.31. The number of likely N-dealkylation sites (tertiary alicyclic amines) is 2. The van der Waals surface area contributed by atoms with Gasteiger partial charge in [-0.15, -0.1) is 0 Å². The molecule has 2 fully saturated rings. The molecule has 0 bridgehead atoms. The van der Waals surface area contributed by atoms with Gasteiger partial charge in [0.15, 0.2) is 0 Å². The van der Waals surface area contributed by atoms with Crippen LogP contribution in [0, 0.1) is 5.92 Å². The number of benzene rings is 1. The highest BCUT2D eigenvalue weighted by Gasteiger charge is 2.29. The van der Waals surface area contributed by atoms with E-state index in [0.717, 1.165) is 57.4 Å². The zero-order chi connectivity index (χ0) is 19.2. The van der Waals surface area contributed by atoms with E-state index in [1.165, 1.54) is 6.42 Å². The summed E-state index contributed by atoms with van der Waals surface area (Å²) >= 11 is 6.21. The second-order valence-corrected chi connectivity index (χ2v) is 8.15. The minimum atomic E-state index is -0.121. The lowest BCUT2D eigenvalue weighted by atomic mass is 9.94. The van der Waals surface area contributed by atoms with E-state index < -0.39 is 0 Å². The Morgan fingerprint density at radius 3 is 2.44 bits per heavy atom. The Kier molecular flexibility index (Phi) is 7.13. The summed E-state index contributed by atoms with van der Waals surface area (Å²) in [4.78, 5) is 29.2. The second kappa shape index (κ2) is 9.56. The van der Waals surface area contributed by atoms with Gasteiger partial charge in [0, 0.05) is 24.0 Å². The predicted molar refractivity (Wildman–Crippen MR) is 108 cm³/mol. The van der Waals surface area contributed by atoms with Crippen LogP contribution in [-0.4, -0.2) is 54.3 Å². The van der Waals surface area contributed by atoms with Gasteiger partial charge in [0.1, 0.15) is 0 Å². The van der Waals surface area contributed by atoms with Crippen molar-refractivity contribution in [1.29, 1.82) is 0 Å². The average molecular weight is 392 g/mol. The van der Waals surface area contributed by atoms with Crippen molar-refractivity contribution in [2.75, 3.05) is 32.7 Å². The first-order chi connectivity index (χ1) is 13.0. The van der Waals surface area contributed by atoms with Crippen molar-refractivity contribution < 1.29 is 9.59 Å². The van der Waals surface area contributed by atoms with Crippen molar-refractivity contribution in [1.82, 2.24) is 15.1 Å². The fraction of sp³-hybridized carbons (Fsp3) is 0.619. The maximum Gasteiger partial charge on any atom is 0.234 e. The molecule has 1 N–H and O–H groups in total. The molecule has 2 aliphatic rings. The SMILES string of the molecule is CC(NC(=O)CN1CCC(C(=O)N2CCCCC2)CC1)c1ccccc1Cl. The molecule has 148 valence electrons. The average Bonchev–Trinajstić information content (AvgIpc) is 2.69. The molecule has 0 saturated carbocycles. The van der Waals surface area contributed by atoms with Crippen LogP contribution >= 0.6 is 11.6 Å². The van der Waals surface area contributed by atoms with E-state index in [1.807, 2.05) is 36.1 Å². The van der Waals surface area contributed by atoms with Crippen molar-refractivity contribution in [2.45, 2.75) is 45.1 Å². The van der Waals surface area contributed by atoms with Crippen LogP contribution in [0.1, 0.15) is 50.6 Å². The molecule has 0 aromatic heterocycles. The van der Waals surface area contributed by atoms with Gasteiger partial charge in [0.2, 0.25) is 11.8 Å². The number of amides is 2. The van der Waals surface area contributed by atoms with Crippen molar-refractivity contribution in [2.24, 2.45) is 5.92 Å². The van der Waals surface area contributed by atoms with Crippen LogP contribution < -0.4 is 5.32 Å². The number of hydrogen-bond donors (Lipinski definition) is 1. The normalized spacial score (nSPS) is 20.3. The topological polar surface area (TPSA) is 52.7 Å². The van der Waals surface area contributed by atoms with Gasteiger partial charge in [-0.2, -0.15) is 0 Å². The highest BCUT2D eigenvalue weighted by Crippen LogP contribution is 2.23. The quantitative estimate of drug-likeness (QED) is 0.838.